The largest absolute Gasteiger partial charge is 0.372 e. The molecule has 4 rings (SSSR count). The molecule has 2 aliphatic rings. The van der Waals surface area contributed by atoms with Crippen molar-refractivity contribution in [2.75, 3.05) is 11.6 Å². The van der Waals surface area contributed by atoms with Crippen molar-refractivity contribution in [2.45, 2.75) is 18.8 Å². The van der Waals surface area contributed by atoms with E-state index in [4.69, 9.17) is 0 Å². The molecule has 1 N–H and O–H groups in total. The van der Waals surface area contributed by atoms with Crippen molar-refractivity contribution >= 4 is 5.69 Å². The molecule has 1 aromatic carbocycles. The quantitative estimate of drug-likeness (QED) is 0.931. The van der Waals surface area contributed by atoms with E-state index in [1.54, 1.807) is 12.1 Å². The molecule has 1 fully saturated rings. The second kappa shape index (κ2) is 4.88. The molecule has 1 aromatic heterocycles. The molecule has 2 aromatic rings. The highest BCUT2D eigenvalue weighted by Crippen LogP contribution is 2.42. The van der Waals surface area contributed by atoms with E-state index in [-0.39, 0.29) is 5.82 Å². The minimum absolute atomic E-state index is 0.222. The molecule has 0 bridgehead atoms. The van der Waals surface area contributed by atoms with Crippen LogP contribution in [0.15, 0.2) is 48.9 Å². The number of hydrogen-bond donors (Lipinski definition) is 1. The van der Waals surface area contributed by atoms with Gasteiger partial charge in [0.1, 0.15) is 5.82 Å². The van der Waals surface area contributed by atoms with E-state index < -0.39 is 0 Å². The predicted octanol–water partition coefficient (Wildman–Crippen LogP) is 3.60. The Kier molecular flexibility index (Phi) is 2.88. The number of nitrogens with one attached hydrogen (secondary N) is 1. The number of anilines is 1. The Hall–Kier alpha value is -2.36. The molecule has 0 saturated heterocycles. The minimum atomic E-state index is -0.222. The summed E-state index contributed by atoms with van der Waals surface area (Å²) in [4.78, 5) is 6.72. The van der Waals surface area contributed by atoms with Gasteiger partial charge in [0, 0.05) is 35.8 Å². The second-order valence-electron chi connectivity index (χ2n) is 5.56. The lowest BCUT2D eigenvalue weighted by Gasteiger charge is -2.20. The molecule has 21 heavy (non-hydrogen) atoms. The zero-order chi connectivity index (χ0) is 14.2. The first-order valence-corrected chi connectivity index (χ1v) is 7.24. The number of nitrogens with zero attached hydrogens (tertiary/aromatic N) is 2. The summed E-state index contributed by atoms with van der Waals surface area (Å²) in [5, 5.41) is 3.18. The van der Waals surface area contributed by atoms with E-state index >= 15 is 0 Å². The van der Waals surface area contributed by atoms with Gasteiger partial charge in [0.15, 0.2) is 0 Å². The smallest absolute Gasteiger partial charge is 0.123 e. The summed E-state index contributed by atoms with van der Waals surface area (Å²) in [7, 11) is 0. The topological polar surface area (TPSA) is 28.2 Å². The van der Waals surface area contributed by atoms with Crippen LogP contribution in [0.3, 0.4) is 0 Å². The van der Waals surface area contributed by atoms with E-state index in [9.17, 15) is 4.39 Å². The van der Waals surface area contributed by atoms with Crippen LogP contribution >= 0.6 is 0 Å². The Labute approximate surface area is 123 Å². The fraction of sp³-hybridized carbons (Fsp3) is 0.235. The summed E-state index contributed by atoms with van der Waals surface area (Å²) >= 11 is 0. The summed E-state index contributed by atoms with van der Waals surface area (Å²) in [6.07, 6.45) is 8.25. The molecule has 4 heteroatoms. The number of pyridine rings is 1. The summed E-state index contributed by atoms with van der Waals surface area (Å²) in [5.41, 5.74) is 4.05. The van der Waals surface area contributed by atoms with Gasteiger partial charge >= 0.3 is 0 Å². The van der Waals surface area contributed by atoms with Crippen molar-refractivity contribution in [3.8, 4) is 11.1 Å². The maximum Gasteiger partial charge on any atom is 0.123 e. The molecule has 0 radical (unpaired) electrons. The highest BCUT2D eigenvalue weighted by Gasteiger charge is 2.26. The van der Waals surface area contributed by atoms with E-state index in [0.717, 1.165) is 29.2 Å². The van der Waals surface area contributed by atoms with Gasteiger partial charge in [-0.2, -0.15) is 0 Å². The minimum Gasteiger partial charge on any atom is -0.372 e. The Morgan fingerprint density at radius 1 is 1.24 bits per heavy atom. The van der Waals surface area contributed by atoms with E-state index in [2.05, 4.69) is 21.3 Å². The lowest BCUT2D eigenvalue weighted by atomic mass is 10.0. The summed E-state index contributed by atoms with van der Waals surface area (Å²) < 4.78 is 13.5. The summed E-state index contributed by atoms with van der Waals surface area (Å²) in [5.74, 6) is 0.379. The highest BCUT2D eigenvalue weighted by atomic mass is 19.1. The van der Waals surface area contributed by atoms with Crippen molar-refractivity contribution in [1.29, 1.82) is 0 Å². The van der Waals surface area contributed by atoms with Crippen LogP contribution in [0.25, 0.3) is 11.1 Å². The summed E-state index contributed by atoms with van der Waals surface area (Å²) in [6.45, 7) is 0.733. The third-order valence-corrected chi connectivity index (χ3v) is 3.98. The van der Waals surface area contributed by atoms with Gasteiger partial charge in [-0.05, 0) is 36.6 Å². The molecule has 2 heterocycles. The molecular formula is C17H16FN3. The second-order valence-corrected chi connectivity index (χ2v) is 5.56. The van der Waals surface area contributed by atoms with E-state index in [0.29, 0.717) is 5.92 Å². The lowest BCUT2D eigenvalue weighted by Crippen LogP contribution is -2.20. The Balaban J connectivity index is 1.83. The lowest BCUT2D eigenvalue weighted by molar-refractivity contribution is 0.628. The van der Waals surface area contributed by atoms with E-state index in [1.807, 2.05) is 24.7 Å². The molecule has 0 atom stereocenters. The van der Waals surface area contributed by atoms with Crippen molar-refractivity contribution in [2.24, 2.45) is 0 Å². The first kappa shape index (κ1) is 12.4. The monoisotopic (exact) mass is 281 g/mol. The van der Waals surface area contributed by atoms with Gasteiger partial charge in [-0.15, -0.1) is 0 Å². The maximum atomic E-state index is 13.5. The fourth-order valence-corrected chi connectivity index (χ4v) is 2.69. The third kappa shape index (κ3) is 2.37. The average molecular weight is 281 g/mol. The van der Waals surface area contributed by atoms with Crippen LogP contribution in [-0.4, -0.2) is 11.7 Å². The number of hydrogen-bond acceptors (Lipinski definition) is 3. The van der Waals surface area contributed by atoms with Crippen LogP contribution in [0, 0.1) is 5.82 Å². The fourth-order valence-electron chi connectivity index (χ4n) is 2.69. The molecule has 3 nitrogen and oxygen atoms in total. The van der Waals surface area contributed by atoms with Crippen LogP contribution in [0.4, 0.5) is 10.1 Å². The van der Waals surface area contributed by atoms with Gasteiger partial charge in [-0.3, -0.25) is 4.98 Å². The van der Waals surface area contributed by atoms with Gasteiger partial charge in [-0.25, -0.2) is 4.39 Å². The zero-order valence-electron chi connectivity index (χ0n) is 11.6. The summed E-state index contributed by atoms with van der Waals surface area (Å²) in [6, 6.07) is 8.83. The average Bonchev–Trinajstić information content (AvgIpc) is 3.21. The van der Waals surface area contributed by atoms with E-state index in [1.165, 1.54) is 18.9 Å². The van der Waals surface area contributed by atoms with Gasteiger partial charge in [0.25, 0.3) is 0 Å². The van der Waals surface area contributed by atoms with Crippen LogP contribution in [-0.2, 0) is 0 Å². The molecule has 106 valence electrons. The van der Waals surface area contributed by atoms with Crippen LogP contribution < -0.4 is 10.2 Å². The molecule has 0 amide bonds. The zero-order valence-corrected chi connectivity index (χ0v) is 11.6. The van der Waals surface area contributed by atoms with Gasteiger partial charge in [0.05, 0.1) is 12.4 Å². The van der Waals surface area contributed by atoms with Crippen LogP contribution in [0.1, 0.15) is 24.5 Å². The van der Waals surface area contributed by atoms with Crippen molar-refractivity contribution < 1.29 is 4.39 Å². The van der Waals surface area contributed by atoms with Gasteiger partial charge < -0.3 is 10.2 Å². The molecule has 1 saturated carbocycles. The first-order chi connectivity index (χ1) is 10.3. The molecular weight excluding hydrogens is 265 g/mol. The van der Waals surface area contributed by atoms with Crippen molar-refractivity contribution in [1.82, 2.24) is 10.3 Å². The number of halogens is 1. The Bertz CT molecular complexity index is 707. The third-order valence-electron chi connectivity index (χ3n) is 3.98. The molecule has 0 unspecified atom stereocenters. The predicted molar refractivity (Wildman–Crippen MR) is 81.2 cm³/mol. The maximum absolute atomic E-state index is 13.5. The van der Waals surface area contributed by atoms with Crippen molar-refractivity contribution in [3.05, 3.63) is 60.4 Å². The van der Waals surface area contributed by atoms with Gasteiger partial charge in [0.2, 0.25) is 0 Å². The van der Waals surface area contributed by atoms with Crippen molar-refractivity contribution in [3.63, 3.8) is 0 Å². The van der Waals surface area contributed by atoms with Gasteiger partial charge in [-0.1, -0.05) is 12.1 Å². The Morgan fingerprint density at radius 2 is 2.14 bits per heavy atom. The molecule has 1 aliphatic carbocycles. The van der Waals surface area contributed by atoms with Crippen LogP contribution in [0.5, 0.6) is 0 Å². The molecule has 0 spiro atoms. The SMILES string of the molecule is Fc1cccc(-c2cnc(C3CC3)cc2N2C=CNC2)c1. The number of rotatable bonds is 3. The first-order valence-electron chi connectivity index (χ1n) is 7.24. The number of benzene rings is 1. The standard InChI is InChI=1S/C17H16FN3/c18-14-3-1-2-13(8-14)15-10-20-16(12-4-5-12)9-17(15)21-7-6-19-11-21/h1-3,6-10,12,19H,4-5,11H2. The Morgan fingerprint density at radius 3 is 2.86 bits per heavy atom. The normalized spacial score (nSPS) is 17.1. The highest BCUT2D eigenvalue weighted by molar-refractivity contribution is 5.79. The van der Waals surface area contributed by atoms with Crippen LogP contribution in [0.2, 0.25) is 0 Å². The number of aromatic nitrogens is 1. The molecule has 1 aliphatic heterocycles.